The molecule has 3 atom stereocenters. The van der Waals surface area contributed by atoms with Crippen molar-refractivity contribution in [2.24, 2.45) is 11.8 Å². The highest BCUT2D eigenvalue weighted by atomic mass is 32.1. The van der Waals surface area contributed by atoms with E-state index in [4.69, 9.17) is 24.4 Å². The Balaban J connectivity index is 1.79. The van der Waals surface area contributed by atoms with Gasteiger partial charge in [-0.15, -0.1) is 0 Å². The molecule has 0 aliphatic heterocycles. The van der Waals surface area contributed by atoms with Gasteiger partial charge in [0.25, 0.3) is 0 Å². The highest BCUT2D eigenvalue weighted by molar-refractivity contribution is 7.80. The lowest BCUT2D eigenvalue weighted by Crippen LogP contribution is -2.53. The average molecular weight is 365 g/mol. The van der Waals surface area contributed by atoms with Crippen LogP contribution in [0.1, 0.15) is 44.2 Å². The van der Waals surface area contributed by atoms with E-state index in [1.165, 1.54) is 30.4 Å². The molecule has 132 valence electrons. The van der Waals surface area contributed by atoms with Crippen LogP contribution < -0.4 is 21.5 Å². The summed E-state index contributed by atoms with van der Waals surface area (Å²) in [6.07, 6.45) is 3.73. The van der Waals surface area contributed by atoms with Gasteiger partial charge in [0.05, 0.1) is 0 Å². The first-order valence-corrected chi connectivity index (χ1v) is 9.40. The van der Waals surface area contributed by atoms with E-state index < -0.39 is 0 Å². The summed E-state index contributed by atoms with van der Waals surface area (Å²) in [6, 6.07) is 6.54. The summed E-state index contributed by atoms with van der Waals surface area (Å²) in [6.45, 7) is 8.77. The number of aryl methyl sites for hydroxylation is 1. The molecule has 1 fully saturated rings. The van der Waals surface area contributed by atoms with Crippen molar-refractivity contribution in [1.82, 2.24) is 16.2 Å². The minimum atomic E-state index is 0.427. The summed E-state index contributed by atoms with van der Waals surface area (Å²) < 4.78 is 0. The number of benzene rings is 1. The molecule has 0 saturated heterocycles. The van der Waals surface area contributed by atoms with Crippen molar-refractivity contribution in [3.63, 3.8) is 0 Å². The Kier molecular flexibility index (Phi) is 6.80. The zero-order valence-corrected chi connectivity index (χ0v) is 16.5. The minimum absolute atomic E-state index is 0.427. The van der Waals surface area contributed by atoms with E-state index in [0.717, 1.165) is 11.6 Å². The first-order valence-electron chi connectivity index (χ1n) is 8.58. The molecule has 6 heteroatoms. The summed E-state index contributed by atoms with van der Waals surface area (Å²) in [7, 11) is 0. The van der Waals surface area contributed by atoms with Gasteiger partial charge in [-0.2, -0.15) is 0 Å². The Bertz CT molecular complexity index is 603. The normalized spacial score (nSPS) is 23.2. The van der Waals surface area contributed by atoms with E-state index in [0.29, 0.717) is 22.2 Å². The summed E-state index contributed by atoms with van der Waals surface area (Å²) in [5, 5.41) is 7.69. The lowest BCUT2D eigenvalue weighted by atomic mass is 9.78. The Labute approximate surface area is 156 Å². The van der Waals surface area contributed by atoms with Gasteiger partial charge in [0.15, 0.2) is 10.2 Å². The van der Waals surface area contributed by atoms with Gasteiger partial charge in [0, 0.05) is 11.7 Å². The van der Waals surface area contributed by atoms with Gasteiger partial charge in [-0.25, -0.2) is 0 Å². The van der Waals surface area contributed by atoms with Gasteiger partial charge in [0.1, 0.15) is 0 Å². The van der Waals surface area contributed by atoms with Crippen LogP contribution in [0.4, 0.5) is 5.69 Å². The third kappa shape index (κ3) is 5.05. The Hall–Kier alpha value is -1.40. The van der Waals surface area contributed by atoms with Crippen molar-refractivity contribution in [3.05, 3.63) is 29.3 Å². The van der Waals surface area contributed by atoms with E-state index in [2.05, 4.69) is 55.2 Å². The van der Waals surface area contributed by atoms with Gasteiger partial charge >= 0.3 is 0 Å². The van der Waals surface area contributed by atoms with Crippen molar-refractivity contribution in [3.8, 4) is 0 Å². The van der Waals surface area contributed by atoms with Crippen molar-refractivity contribution < 1.29 is 0 Å². The van der Waals surface area contributed by atoms with Crippen LogP contribution in [0.25, 0.3) is 0 Å². The predicted octanol–water partition coefficient (Wildman–Crippen LogP) is 3.79. The molecule has 0 radical (unpaired) electrons. The summed E-state index contributed by atoms with van der Waals surface area (Å²) in [5.41, 5.74) is 9.37. The van der Waals surface area contributed by atoms with E-state index in [1.807, 2.05) is 12.1 Å². The van der Waals surface area contributed by atoms with Gasteiger partial charge in [-0.3, -0.25) is 10.9 Å². The zero-order chi connectivity index (χ0) is 17.7. The van der Waals surface area contributed by atoms with Crippen LogP contribution >= 0.6 is 24.4 Å². The molecule has 0 unspecified atom stereocenters. The van der Waals surface area contributed by atoms with Crippen LogP contribution in [0.2, 0.25) is 0 Å². The van der Waals surface area contributed by atoms with Gasteiger partial charge in [-0.05, 0) is 73.7 Å². The lowest BCUT2D eigenvalue weighted by molar-refractivity contribution is 0.224. The molecular weight excluding hydrogens is 336 g/mol. The number of hydrogen-bond acceptors (Lipinski definition) is 2. The molecule has 1 saturated carbocycles. The molecule has 1 aliphatic rings. The summed E-state index contributed by atoms with van der Waals surface area (Å²) >= 11 is 10.7. The molecular formula is C18H28N4S2. The molecule has 24 heavy (non-hydrogen) atoms. The number of rotatable bonds is 2. The van der Waals surface area contributed by atoms with Crippen molar-refractivity contribution >= 4 is 40.3 Å². The first-order chi connectivity index (χ1) is 11.4. The van der Waals surface area contributed by atoms with Crippen LogP contribution in [-0.4, -0.2) is 16.3 Å². The molecule has 1 aromatic rings. The van der Waals surface area contributed by atoms with Crippen molar-refractivity contribution in [2.75, 3.05) is 5.32 Å². The zero-order valence-electron chi connectivity index (χ0n) is 14.9. The second-order valence-electron chi connectivity index (χ2n) is 6.80. The molecule has 0 amide bonds. The molecule has 2 rings (SSSR count). The Morgan fingerprint density at radius 3 is 2.50 bits per heavy atom. The monoisotopic (exact) mass is 364 g/mol. The molecule has 0 spiro atoms. The molecule has 4 N–H and O–H groups in total. The van der Waals surface area contributed by atoms with E-state index in [9.17, 15) is 0 Å². The van der Waals surface area contributed by atoms with Crippen molar-refractivity contribution in [1.29, 1.82) is 0 Å². The second-order valence-corrected chi connectivity index (χ2v) is 7.62. The average Bonchev–Trinajstić information content (AvgIpc) is 2.54. The van der Waals surface area contributed by atoms with E-state index >= 15 is 0 Å². The van der Waals surface area contributed by atoms with E-state index in [1.54, 1.807) is 0 Å². The first kappa shape index (κ1) is 18.9. The fourth-order valence-electron chi connectivity index (χ4n) is 3.14. The molecule has 4 nitrogen and oxygen atoms in total. The SMILES string of the molecule is Cc1cccc(NC(=S)NNC(=S)N[C@@H]2CCC[C@@H](C)[C@@H]2C)c1C. The Morgan fingerprint density at radius 2 is 1.75 bits per heavy atom. The van der Waals surface area contributed by atoms with Gasteiger partial charge in [-0.1, -0.05) is 38.8 Å². The molecule has 0 heterocycles. The number of hydrogen-bond donors (Lipinski definition) is 4. The maximum Gasteiger partial charge on any atom is 0.189 e. The van der Waals surface area contributed by atoms with Crippen LogP contribution in [0.3, 0.4) is 0 Å². The summed E-state index contributed by atoms with van der Waals surface area (Å²) in [5.74, 6) is 1.36. The maximum atomic E-state index is 5.38. The molecule has 1 aliphatic carbocycles. The molecule has 0 aromatic heterocycles. The largest absolute Gasteiger partial charge is 0.358 e. The van der Waals surface area contributed by atoms with Crippen molar-refractivity contribution in [2.45, 2.75) is 53.0 Å². The smallest absolute Gasteiger partial charge is 0.189 e. The van der Waals surface area contributed by atoms with Gasteiger partial charge in [0.2, 0.25) is 0 Å². The van der Waals surface area contributed by atoms with Crippen LogP contribution in [0, 0.1) is 25.7 Å². The van der Waals surface area contributed by atoms with E-state index in [-0.39, 0.29) is 0 Å². The van der Waals surface area contributed by atoms with Crippen LogP contribution in [0.5, 0.6) is 0 Å². The minimum Gasteiger partial charge on any atom is -0.358 e. The topological polar surface area (TPSA) is 48.1 Å². The van der Waals surface area contributed by atoms with Crippen LogP contribution in [0.15, 0.2) is 18.2 Å². The standard InChI is InChI=1S/C18H28N4S2/c1-11-7-5-9-15(13(11)3)19-17(23)21-22-18(24)20-16-10-6-8-12(2)14(16)4/h5,7,9,12,14,16H,6,8,10H2,1-4H3,(H2,19,21,23)(H2,20,22,24)/t12-,14+,16-/m1/s1. The fraction of sp³-hybridized carbons (Fsp3) is 0.556. The van der Waals surface area contributed by atoms with Gasteiger partial charge < -0.3 is 10.6 Å². The number of thiocarbonyl (C=S) groups is 2. The third-order valence-corrected chi connectivity index (χ3v) is 5.59. The lowest BCUT2D eigenvalue weighted by Gasteiger charge is -2.35. The highest BCUT2D eigenvalue weighted by Gasteiger charge is 2.27. The summed E-state index contributed by atoms with van der Waals surface area (Å²) in [4.78, 5) is 0. The number of hydrazine groups is 1. The Morgan fingerprint density at radius 1 is 1.04 bits per heavy atom. The predicted molar refractivity (Wildman–Crippen MR) is 110 cm³/mol. The highest BCUT2D eigenvalue weighted by Crippen LogP contribution is 2.29. The molecule has 0 bridgehead atoms. The quantitative estimate of drug-likeness (QED) is 0.473. The molecule has 1 aromatic carbocycles. The second kappa shape index (κ2) is 8.62. The number of nitrogens with one attached hydrogen (secondary N) is 4. The fourth-order valence-corrected chi connectivity index (χ4v) is 3.51. The third-order valence-electron chi connectivity index (χ3n) is 5.17. The number of anilines is 1. The maximum absolute atomic E-state index is 5.38. The van der Waals surface area contributed by atoms with Crippen LogP contribution in [-0.2, 0) is 0 Å².